The van der Waals surface area contributed by atoms with Crippen LogP contribution in [0.2, 0.25) is 0 Å². The molecule has 0 N–H and O–H groups in total. The minimum Gasteiger partial charge on any atom is -0.494 e. The van der Waals surface area contributed by atoms with E-state index >= 15 is 0 Å². The maximum Gasteiger partial charge on any atom is 0.120 e. The van der Waals surface area contributed by atoms with Gasteiger partial charge in [-0.2, -0.15) is 0 Å². The van der Waals surface area contributed by atoms with Crippen LogP contribution in [0.4, 0.5) is 0 Å². The number of benzene rings is 1. The molecular weight excluding hydrogens is 236 g/mol. The molecule has 3 nitrogen and oxygen atoms in total. The predicted octanol–water partition coefficient (Wildman–Crippen LogP) is 3.31. The van der Waals surface area contributed by atoms with Crippen LogP contribution in [0.3, 0.4) is 0 Å². The van der Waals surface area contributed by atoms with E-state index in [0.29, 0.717) is 6.04 Å². The largest absolute Gasteiger partial charge is 0.494 e. The van der Waals surface area contributed by atoms with E-state index in [9.17, 15) is 0 Å². The van der Waals surface area contributed by atoms with Gasteiger partial charge in [-0.15, -0.1) is 0 Å². The molecule has 3 heteroatoms. The van der Waals surface area contributed by atoms with E-state index < -0.39 is 0 Å². The monoisotopic (exact) mass is 258 g/mol. The highest BCUT2D eigenvalue weighted by atomic mass is 16.5. The Bertz CT molecular complexity index is 553. The molecule has 2 heterocycles. The number of hydrogen-bond acceptors (Lipinski definition) is 2. The Morgan fingerprint density at radius 2 is 2.00 bits per heavy atom. The summed E-state index contributed by atoms with van der Waals surface area (Å²) in [4.78, 5) is 2.41. The highest BCUT2D eigenvalue weighted by Gasteiger charge is 2.19. The van der Waals surface area contributed by atoms with E-state index in [1.54, 1.807) is 0 Å². The minimum absolute atomic E-state index is 0.645. The second-order valence-electron chi connectivity index (χ2n) is 5.41. The first-order valence-electron chi connectivity index (χ1n) is 7.20. The summed E-state index contributed by atoms with van der Waals surface area (Å²) in [5.74, 6) is 0.969. The van der Waals surface area contributed by atoms with E-state index in [1.807, 2.05) is 6.92 Å². The Labute approximate surface area is 114 Å². The molecule has 0 saturated carbocycles. The molecule has 0 unspecified atom stereocenters. The Balaban J connectivity index is 1.88. The van der Waals surface area contributed by atoms with Crippen molar-refractivity contribution in [3.05, 3.63) is 30.5 Å². The molecule has 1 saturated heterocycles. The van der Waals surface area contributed by atoms with Gasteiger partial charge >= 0.3 is 0 Å². The van der Waals surface area contributed by atoms with Crippen LogP contribution in [0.15, 0.2) is 30.5 Å². The normalized spacial score (nSPS) is 18.0. The summed E-state index contributed by atoms with van der Waals surface area (Å²) in [5.41, 5.74) is 1.33. The Morgan fingerprint density at radius 3 is 2.74 bits per heavy atom. The molecule has 1 aliphatic heterocycles. The van der Waals surface area contributed by atoms with Gasteiger partial charge in [0.15, 0.2) is 0 Å². The molecule has 0 bridgehead atoms. The lowest BCUT2D eigenvalue weighted by atomic mass is 10.1. The molecule has 2 aromatic rings. The molecule has 0 atom stereocenters. The van der Waals surface area contributed by atoms with Crippen molar-refractivity contribution < 1.29 is 4.74 Å². The second kappa shape index (κ2) is 5.25. The molecule has 0 spiro atoms. The topological polar surface area (TPSA) is 17.4 Å². The van der Waals surface area contributed by atoms with Crippen LogP contribution in [0.1, 0.15) is 25.8 Å². The van der Waals surface area contributed by atoms with Gasteiger partial charge in [0.2, 0.25) is 0 Å². The number of fused-ring (bicyclic) bond motifs is 1. The number of likely N-dealkylation sites (tertiary alicyclic amines) is 1. The van der Waals surface area contributed by atoms with Gasteiger partial charge in [-0.1, -0.05) is 0 Å². The fourth-order valence-corrected chi connectivity index (χ4v) is 2.99. The summed E-state index contributed by atoms with van der Waals surface area (Å²) < 4.78 is 8.01. The number of piperidine rings is 1. The average Bonchev–Trinajstić information content (AvgIpc) is 2.83. The highest BCUT2D eigenvalue weighted by Crippen LogP contribution is 2.29. The van der Waals surface area contributed by atoms with Gasteiger partial charge in [-0.3, -0.25) is 0 Å². The Morgan fingerprint density at radius 1 is 1.21 bits per heavy atom. The summed E-state index contributed by atoms with van der Waals surface area (Å²) in [6, 6.07) is 9.27. The lowest BCUT2D eigenvalue weighted by molar-refractivity contribution is 0.224. The van der Waals surface area contributed by atoms with E-state index in [4.69, 9.17) is 4.74 Å². The van der Waals surface area contributed by atoms with Crippen LogP contribution in [0, 0.1) is 0 Å². The van der Waals surface area contributed by atoms with Gasteiger partial charge in [0.25, 0.3) is 0 Å². The number of aromatic nitrogens is 1. The van der Waals surface area contributed by atoms with Crippen molar-refractivity contribution in [2.45, 2.75) is 25.8 Å². The number of hydrogen-bond donors (Lipinski definition) is 0. The molecule has 3 rings (SSSR count). The summed E-state index contributed by atoms with van der Waals surface area (Å²) >= 11 is 0. The second-order valence-corrected chi connectivity index (χ2v) is 5.41. The van der Waals surface area contributed by atoms with Crippen molar-refractivity contribution in [2.24, 2.45) is 0 Å². The smallest absolute Gasteiger partial charge is 0.120 e. The minimum atomic E-state index is 0.645. The van der Waals surface area contributed by atoms with Gasteiger partial charge in [-0.25, -0.2) is 0 Å². The third kappa shape index (κ3) is 2.47. The number of nitrogens with zero attached hydrogens (tertiary/aromatic N) is 2. The fourth-order valence-electron chi connectivity index (χ4n) is 2.99. The highest BCUT2D eigenvalue weighted by molar-refractivity contribution is 5.81. The van der Waals surface area contributed by atoms with E-state index in [0.717, 1.165) is 12.4 Å². The molecular formula is C16H22N2O. The first-order valence-corrected chi connectivity index (χ1v) is 7.20. The Hall–Kier alpha value is -1.48. The third-order valence-electron chi connectivity index (χ3n) is 4.08. The van der Waals surface area contributed by atoms with Crippen LogP contribution < -0.4 is 4.74 Å². The average molecular weight is 258 g/mol. The zero-order valence-electron chi connectivity index (χ0n) is 11.8. The standard InChI is InChI=1S/C16H22N2O/c1-3-19-15-4-5-16-13(12-15)6-11-18(16)14-7-9-17(2)10-8-14/h4-6,11-12,14H,3,7-10H2,1-2H3. The van der Waals surface area contributed by atoms with Crippen molar-refractivity contribution >= 4 is 10.9 Å². The summed E-state index contributed by atoms with van der Waals surface area (Å²) in [5, 5.41) is 1.28. The van der Waals surface area contributed by atoms with Crippen LogP contribution in [-0.2, 0) is 0 Å². The van der Waals surface area contributed by atoms with Crippen molar-refractivity contribution in [2.75, 3.05) is 26.7 Å². The zero-order chi connectivity index (χ0) is 13.2. The molecule has 1 aromatic heterocycles. The first kappa shape index (κ1) is 12.5. The van der Waals surface area contributed by atoms with Crippen LogP contribution in [0.5, 0.6) is 5.75 Å². The summed E-state index contributed by atoms with van der Waals surface area (Å²) in [7, 11) is 2.21. The van der Waals surface area contributed by atoms with Crippen molar-refractivity contribution in [3.63, 3.8) is 0 Å². The fraction of sp³-hybridized carbons (Fsp3) is 0.500. The van der Waals surface area contributed by atoms with Crippen LogP contribution in [-0.4, -0.2) is 36.2 Å². The van der Waals surface area contributed by atoms with Crippen molar-refractivity contribution in [1.29, 1.82) is 0 Å². The predicted molar refractivity (Wildman–Crippen MR) is 78.9 cm³/mol. The first-order chi connectivity index (χ1) is 9.28. The molecule has 0 amide bonds. The lowest BCUT2D eigenvalue weighted by Crippen LogP contribution is -2.31. The molecule has 102 valence electrons. The summed E-state index contributed by atoms with van der Waals surface area (Å²) in [6.45, 7) is 5.14. The SMILES string of the molecule is CCOc1ccc2c(ccn2C2CCN(C)CC2)c1. The van der Waals surface area contributed by atoms with Gasteiger partial charge in [0, 0.05) is 23.1 Å². The van der Waals surface area contributed by atoms with E-state index in [2.05, 4.69) is 47.0 Å². The van der Waals surface area contributed by atoms with Gasteiger partial charge in [0.1, 0.15) is 5.75 Å². The van der Waals surface area contributed by atoms with Gasteiger partial charge in [0.05, 0.1) is 6.61 Å². The van der Waals surface area contributed by atoms with E-state index in [-0.39, 0.29) is 0 Å². The number of ether oxygens (including phenoxy) is 1. The maximum atomic E-state index is 5.57. The molecule has 1 aromatic carbocycles. The molecule has 0 aliphatic carbocycles. The maximum absolute atomic E-state index is 5.57. The van der Waals surface area contributed by atoms with Crippen molar-refractivity contribution in [1.82, 2.24) is 9.47 Å². The number of rotatable bonds is 3. The van der Waals surface area contributed by atoms with Crippen molar-refractivity contribution in [3.8, 4) is 5.75 Å². The van der Waals surface area contributed by atoms with Crippen LogP contribution >= 0.6 is 0 Å². The van der Waals surface area contributed by atoms with Crippen LogP contribution in [0.25, 0.3) is 10.9 Å². The Kier molecular flexibility index (Phi) is 3.47. The lowest BCUT2D eigenvalue weighted by Gasteiger charge is -2.30. The zero-order valence-corrected chi connectivity index (χ0v) is 11.8. The molecule has 1 fully saturated rings. The van der Waals surface area contributed by atoms with Gasteiger partial charge < -0.3 is 14.2 Å². The summed E-state index contributed by atoms with van der Waals surface area (Å²) in [6.07, 6.45) is 4.72. The van der Waals surface area contributed by atoms with Gasteiger partial charge in [-0.05, 0) is 64.2 Å². The van der Waals surface area contributed by atoms with E-state index in [1.165, 1.54) is 36.8 Å². The quantitative estimate of drug-likeness (QED) is 0.840. The third-order valence-corrected chi connectivity index (χ3v) is 4.08. The molecule has 1 aliphatic rings. The molecule has 0 radical (unpaired) electrons. The molecule has 19 heavy (non-hydrogen) atoms.